The lowest BCUT2D eigenvalue weighted by molar-refractivity contribution is -0.0542. The van der Waals surface area contributed by atoms with E-state index < -0.39 is 70.8 Å². The van der Waals surface area contributed by atoms with Gasteiger partial charge in [-0.1, -0.05) is 0 Å². The molecule has 1 aliphatic rings. The number of alkyl halides is 2. The molecule has 1 aromatic rings. The number of ether oxygens (including phenoxy) is 1. The zero-order chi connectivity index (χ0) is 24.0. The number of phosphoric acid groups is 1. The quantitative estimate of drug-likeness (QED) is 0.188. The van der Waals surface area contributed by atoms with Gasteiger partial charge in [-0.15, -0.1) is 0 Å². The molecule has 1 saturated heterocycles. The van der Waals surface area contributed by atoms with Crippen LogP contribution in [-0.2, 0) is 27.3 Å². The first-order chi connectivity index (χ1) is 13.9. The average Bonchev–Trinajstić information content (AvgIpc) is 2.86. The van der Waals surface area contributed by atoms with Crippen molar-refractivity contribution in [1.29, 1.82) is 0 Å². The highest BCUT2D eigenvalue weighted by atomic mass is 31.3. The van der Waals surface area contributed by atoms with Crippen molar-refractivity contribution in [1.82, 2.24) is 9.55 Å². The predicted molar refractivity (Wildman–Crippen MR) is 90.9 cm³/mol. The van der Waals surface area contributed by atoms with E-state index in [-0.39, 0.29) is 0 Å². The molecule has 2 unspecified atom stereocenters. The standard InChI is InChI=1S/C10H15F2N2O14P3/c11-10(12,29(19,20)21)30(22,23)28-31(24,25)26-3-4-6(16)7(17)8(27-4)14-2-1-5(15)13-9(14)18/h1-2,4,6-8,16-17H,3H2,(H,22,23)(H,24,25)(H,13,15,18)(H2,19,20,21)/t4-,6-,7-,8-/m1/s1. The summed E-state index contributed by atoms with van der Waals surface area (Å²) in [7, 11) is -19.3. The normalized spacial score (nSPS) is 28.8. The highest BCUT2D eigenvalue weighted by Crippen LogP contribution is 2.77. The minimum atomic E-state index is -6.76. The number of aromatic nitrogens is 2. The first-order valence-corrected chi connectivity index (χ1v) is 12.4. The van der Waals surface area contributed by atoms with Gasteiger partial charge in [0.2, 0.25) is 0 Å². The third kappa shape index (κ3) is 5.45. The number of aromatic amines is 1. The monoisotopic (exact) mass is 518 g/mol. The summed E-state index contributed by atoms with van der Waals surface area (Å²) < 4.78 is 73.6. The molecular formula is C10H15F2N2O14P3. The maximum Gasteiger partial charge on any atom is 0.479 e. The van der Waals surface area contributed by atoms with Crippen molar-refractivity contribution >= 4 is 23.0 Å². The number of aliphatic hydroxyl groups excluding tert-OH is 2. The lowest BCUT2D eigenvalue weighted by Gasteiger charge is -2.24. The number of hydrogen-bond donors (Lipinski definition) is 7. The van der Waals surface area contributed by atoms with Crippen LogP contribution in [0.2, 0.25) is 0 Å². The predicted octanol–water partition coefficient (Wildman–Crippen LogP) is -1.80. The summed E-state index contributed by atoms with van der Waals surface area (Å²) >= 11 is 0. The van der Waals surface area contributed by atoms with Crippen LogP contribution in [0.25, 0.3) is 0 Å². The summed E-state index contributed by atoms with van der Waals surface area (Å²) in [5.74, 6) is 0. The van der Waals surface area contributed by atoms with Gasteiger partial charge < -0.3 is 34.5 Å². The second-order valence-electron chi connectivity index (χ2n) is 5.98. The fraction of sp³-hybridized carbons (Fsp3) is 0.600. The molecule has 1 fully saturated rings. The van der Waals surface area contributed by atoms with Gasteiger partial charge in [-0.05, 0) is 0 Å². The Morgan fingerprint density at radius 2 is 1.71 bits per heavy atom. The van der Waals surface area contributed by atoms with Crippen LogP contribution in [-0.4, -0.2) is 69.7 Å². The third-order valence-corrected chi connectivity index (χ3v) is 8.88. The molecule has 31 heavy (non-hydrogen) atoms. The summed E-state index contributed by atoms with van der Waals surface area (Å²) in [6.45, 7) is -1.25. The van der Waals surface area contributed by atoms with Gasteiger partial charge in [-0.25, -0.2) is 13.7 Å². The van der Waals surface area contributed by atoms with Crippen LogP contribution in [0.5, 0.6) is 0 Å². The molecule has 1 aromatic heterocycles. The van der Waals surface area contributed by atoms with Gasteiger partial charge in [0.25, 0.3) is 5.56 Å². The molecule has 16 nitrogen and oxygen atoms in total. The largest absolute Gasteiger partial charge is 0.479 e. The van der Waals surface area contributed by atoms with E-state index in [2.05, 4.69) is 8.83 Å². The molecule has 0 saturated carbocycles. The van der Waals surface area contributed by atoms with Crippen LogP contribution in [0.3, 0.4) is 0 Å². The van der Waals surface area contributed by atoms with Crippen LogP contribution in [0.15, 0.2) is 21.9 Å². The Kier molecular flexibility index (Phi) is 7.30. The van der Waals surface area contributed by atoms with E-state index in [1.807, 2.05) is 4.98 Å². The Morgan fingerprint density at radius 3 is 2.23 bits per heavy atom. The molecule has 0 bridgehead atoms. The number of aliphatic hydroxyl groups is 2. The van der Waals surface area contributed by atoms with Crippen molar-refractivity contribution in [3.05, 3.63) is 33.1 Å². The van der Waals surface area contributed by atoms with Gasteiger partial charge >= 0.3 is 34.1 Å². The van der Waals surface area contributed by atoms with Crippen LogP contribution in [0, 0.1) is 0 Å². The molecule has 21 heteroatoms. The van der Waals surface area contributed by atoms with Crippen LogP contribution < -0.4 is 11.2 Å². The third-order valence-electron chi connectivity index (χ3n) is 3.77. The average molecular weight is 518 g/mol. The summed E-state index contributed by atoms with van der Waals surface area (Å²) in [6.07, 6.45) is -6.27. The molecule has 2 rings (SSSR count). The number of halogens is 2. The molecule has 0 radical (unpaired) electrons. The molecule has 2 heterocycles. The fourth-order valence-electron chi connectivity index (χ4n) is 2.27. The Bertz CT molecular complexity index is 1080. The number of nitrogens with one attached hydrogen (secondary N) is 1. The van der Waals surface area contributed by atoms with Crippen molar-refractivity contribution in [2.24, 2.45) is 0 Å². The molecule has 6 atom stereocenters. The maximum absolute atomic E-state index is 13.4. The number of hydrogen-bond acceptors (Lipinski definition) is 10. The maximum atomic E-state index is 13.4. The molecule has 1 aliphatic heterocycles. The van der Waals surface area contributed by atoms with Gasteiger partial charge in [0.15, 0.2) is 6.23 Å². The molecule has 7 N–H and O–H groups in total. The van der Waals surface area contributed by atoms with Gasteiger partial charge in [-0.2, -0.15) is 8.78 Å². The Labute approximate surface area is 169 Å². The second-order valence-corrected chi connectivity index (χ2v) is 11.4. The van der Waals surface area contributed by atoms with Gasteiger partial charge in [-0.3, -0.25) is 28.0 Å². The first-order valence-electron chi connectivity index (χ1n) is 7.68. The van der Waals surface area contributed by atoms with Crippen LogP contribution >= 0.6 is 23.0 Å². The van der Waals surface area contributed by atoms with Crippen molar-refractivity contribution in [2.45, 2.75) is 29.9 Å². The molecule has 0 aliphatic carbocycles. The summed E-state index contributed by atoms with van der Waals surface area (Å²) in [4.78, 5) is 59.9. The van der Waals surface area contributed by atoms with E-state index in [1.54, 1.807) is 0 Å². The Hall–Kier alpha value is -1.13. The number of rotatable bonds is 8. The smallest absolute Gasteiger partial charge is 0.387 e. The molecule has 0 amide bonds. The van der Waals surface area contributed by atoms with E-state index in [0.717, 1.165) is 12.3 Å². The van der Waals surface area contributed by atoms with Crippen LogP contribution in [0.4, 0.5) is 8.78 Å². The van der Waals surface area contributed by atoms with Crippen molar-refractivity contribution in [3.8, 4) is 0 Å². The van der Waals surface area contributed by atoms with Crippen molar-refractivity contribution < 1.29 is 65.8 Å². The minimum absolute atomic E-state index is 0.632. The lowest BCUT2D eigenvalue weighted by atomic mass is 10.1. The number of H-pyrrole nitrogens is 1. The van der Waals surface area contributed by atoms with Gasteiger partial charge in [0, 0.05) is 12.3 Å². The zero-order valence-electron chi connectivity index (χ0n) is 14.7. The number of phosphoric ester groups is 1. The second kappa shape index (κ2) is 8.67. The van der Waals surface area contributed by atoms with Crippen molar-refractivity contribution in [2.75, 3.05) is 6.61 Å². The molecule has 0 spiro atoms. The lowest BCUT2D eigenvalue weighted by Crippen LogP contribution is -2.37. The molecular weight excluding hydrogens is 503 g/mol. The summed E-state index contributed by atoms with van der Waals surface area (Å²) in [5.41, 5.74) is -1.87. The van der Waals surface area contributed by atoms with Crippen molar-refractivity contribution in [3.63, 3.8) is 0 Å². The SMILES string of the molecule is O=c1ccn([C@@H]2O[C@H](COP(=O)(O)OP(=O)(O)C(F)(F)P(=O)(O)O)[C@@H](O)[C@H]2O)c(=O)[nH]1. The molecule has 178 valence electrons. The minimum Gasteiger partial charge on any atom is -0.387 e. The zero-order valence-corrected chi connectivity index (χ0v) is 17.3. The van der Waals surface area contributed by atoms with Gasteiger partial charge in [0.05, 0.1) is 6.61 Å². The summed E-state index contributed by atoms with van der Waals surface area (Å²) in [5, 5.41) is 14.1. The Morgan fingerprint density at radius 1 is 1.13 bits per heavy atom. The number of nitrogens with zero attached hydrogens (tertiary/aromatic N) is 1. The van der Waals surface area contributed by atoms with E-state index in [9.17, 15) is 47.2 Å². The highest BCUT2D eigenvalue weighted by Gasteiger charge is 2.67. The topological polar surface area (TPSA) is 255 Å². The summed E-state index contributed by atoms with van der Waals surface area (Å²) in [6, 6.07) is 0.865. The van der Waals surface area contributed by atoms with Gasteiger partial charge in [0.1, 0.15) is 18.3 Å². The Balaban J connectivity index is 2.12. The van der Waals surface area contributed by atoms with E-state index in [4.69, 9.17) is 19.4 Å². The van der Waals surface area contributed by atoms with E-state index in [1.165, 1.54) is 0 Å². The first kappa shape index (κ1) is 26.1. The highest BCUT2D eigenvalue weighted by molar-refractivity contribution is 7.75. The fourth-order valence-corrected chi connectivity index (χ4v) is 5.95. The van der Waals surface area contributed by atoms with E-state index in [0.29, 0.717) is 4.57 Å². The molecule has 0 aromatic carbocycles. The van der Waals surface area contributed by atoms with Crippen LogP contribution in [0.1, 0.15) is 6.23 Å². The van der Waals surface area contributed by atoms with E-state index >= 15 is 0 Å².